The first kappa shape index (κ1) is 17.7. The number of benzene rings is 3. The molecule has 1 heterocycles. The first-order valence-corrected chi connectivity index (χ1v) is 9.60. The van der Waals surface area contributed by atoms with Gasteiger partial charge >= 0.3 is 0 Å². The number of hydrogen-bond donors (Lipinski definition) is 1. The number of carbonyl (C=O) groups excluding carboxylic acids is 1. The van der Waals surface area contributed by atoms with Crippen molar-refractivity contribution in [1.82, 2.24) is 10.2 Å². The summed E-state index contributed by atoms with van der Waals surface area (Å²) in [6.07, 6.45) is 0.997. The maximum absolute atomic E-state index is 11.4. The number of likely N-dealkylation sites (tertiary alicyclic amines) is 1. The summed E-state index contributed by atoms with van der Waals surface area (Å²) >= 11 is 0. The summed E-state index contributed by atoms with van der Waals surface area (Å²) in [5, 5.41) is 5.65. The Morgan fingerprint density at radius 2 is 1.78 bits per heavy atom. The fraction of sp³-hybridized carbons (Fsp3) is 0.292. The average molecular weight is 358 g/mol. The number of rotatable bonds is 4. The van der Waals surface area contributed by atoms with Crippen LogP contribution in [0.3, 0.4) is 0 Å². The molecule has 1 aliphatic rings. The number of nitrogens with one attached hydrogen (secondary N) is 1. The predicted octanol–water partition coefficient (Wildman–Crippen LogP) is 4.61. The molecule has 1 atom stereocenters. The van der Waals surface area contributed by atoms with Gasteiger partial charge in [0.2, 0.25) is 5.91 Å². The average Bonchev–Trinajstić information content (AvgIpc) is 3.01. The number of fused-ring (bicyclic) bond motifs is 1. The second-order valence-electron chi connectivity index (χ2n) is 7.96. The van der Waals surface area contributed by atoms with Crippen LogP contribution in [-0.2, 0) is 11.3 Å². The SMILES string of the molecule is CC(=O)NC1(C)CCN(Cc2cccc(-c3ccc4ccccc4c3)c2)C1. The number of carbonyl (C=O) groups is 1. The van der Waals surface area contributed by atoms with Crippen LogP contribution in [0.25, 0.3) is 21.9 Å². The van der Waals surface area contributed by atoms with Crippen molar-refractivity contribution in [3.8, 4) is 11.1 Å². The van der Waals surface area contributed by atoms with E-state index in [0.29, 0.717) is 0 Å². The predicted molar refractivity (Wildman–Crippen MR) is 111 cm³/mol. The van der Waals surface area contributed by atoms with E-state index in [1.165, 1.54) is 27.5 Å². The normalized spacial score (nSPS) is 20.1. The Labute approximate surface area is 161 Å². The third-order valence-corrected chi connectivity index (χ3v) is 5.45. The molecule has 0 aliphatic carbocycles. The third-order valence-electron chi connectivity index (χ3n) is 5.45. The molecule has 1 amide bonds. The van der Waals surface area contributed by atoms with Crippen molar-refractivity contribution >= 4 is 16.7 Å². The van der Waals surface area contributed by atoms with Crippen LogP contribution < -0.4 is 5.32 Å². The van der Waals surface area contributed by atoms with Gasteiger partial charge < -0.3 is 5.32 Å². The van der Waals surface area contributed by atoms with E-state index in [-0.39, 0.29) is 11.4 Å². The Kier molecular flexibility index (Phi) is 4.71. The molecule has 3 heteroatoms. The van der Waals surface area contributed by atoms with E-state index in [1.807, 2.05) is 0 Å². The second kappa shape index (κ2) is 7.16. The van der Waals surface area contributed by atoms with Gasteiger partial charge in [-0.1, -0.05) is 54.6 Å². The molecule has 0 saturated carbocycles. The molecule has 1 saturated heterocycles. The Morgan fingerprint density at radius 3 is 2.59 bits per heavy atom. The molecule has 4 rings (SSSR count). The van der Waals surface area contributed by atoms with Crippen LogP contribution in [0.2, 0.25) is 0 Å². The van der Waals surface area contributed by atoms with Gasteiger partial charge in [-0.2, -0.15) is 0 Å². The minimum absolute atomic E-state index is 0.0534. The van der Waals surface area contributed by atoms with Crippen LogP contribution in [0.15, 0.2) is 66.7 Å². The third kappa shape index (κ3) is 4.04. The van der Waals surface area contributed by atoms with E-state index in [0.717, 1.165) is 26.1 Å². The Morgan fingerprint density at radius 1 is 1.00 bits per heavy atom. The highest BCUT2D eigenvalue weighted by Gasteiger charge is 2.34. The van der Waals surface area contributed by atoms with Crippen LogP contribution in [0.1, 0.15) is 25.8 Å². The summed E-state index contributed by atoms with van der Waals surface area (Å²) in [5.74, 6) is 0.0534. The van der Waals surface area contributed by atoms with Crippen molar-refractivity contribution in [3.05, 3.63) is 72.3 Å². The molecular formula is C24H26N2O. The molecule has 3 aromatic carbocycles. The first-order chi connectivity index (χ1) is 13.0. The lowest BCUT2D eigenvalue weighted by atomic mass is 9.99. The van der Waals surface area contributed by atoms with E-state index in [9.17, 15) is 4.79 Å². The number of nitrogens with zero attached hydrogens (tertiary/aromatic N) is 1. The zero-order valence-electron chi connectivity index (χ0n) is 16.0. The fourth-order valence-corrected chi connectivity index (χ4v) is 4.19. The van der Waals surface area contributed by atoms with Gasteiger partial charge in [0.05, 0.1) is 5.54 Å². The molecule has 1 aliphatic heterocycles. The molecule has 0 aromatic heterocycles. The van der Waals surface area contributed by atoms with Gasteiger partial charge in [-0.15, -0.1) is 0 Å². The quantitative estimate of drug-likeness (QED) is 0.739. The molecule has 3 nitrogen and oxygen atoms in total. The minimum Gasteiger partial charge on any atom is -0.350 e. The Balaban J connectivity index is 1.52. The topological polar surface area (TPSA) is 32.3 Å². The number of hydrogen-bond acceptors (Lipinski definition) is 2. The molecule has 138 valence electrons. The highest BCUT2D eigenvalue weighted by atomic mass is 16.1. The maximum atomic E-state index is 11.4. The van der Waals surface area contributed by atoms with Gasteiger partial charge in [0, 0.05) is 26.6 Å². The van der Waals surface area contributed by atoms with Crippen molar-refractivity contribution in [2.45, 2.75) is 32.4 Å². The summed E-state index contributed by atoms with van der Waals surface area (Å²) in [6, 6.07) is 23.9. The molecule has 1 unspecified atom stereocenters. The van der Waals surface area contributed by atoms with Crippen molar-refractivity contribution in [1.29, 1.82) is 0 Å². The van der Waals surface area contributed by atoms with Gasteiger partial charge in [0.25, 0.3) is 0 Å². The molecule has 1 N–H and O–H groups in total. The highest BCUT2D eigenvalue weighted by molar-refractivity contribution is 5.87. The Bertz CT molecular complexity index is 981. The Hall–Kier alpha value is -2.65. The lowest BCUT2D eigenvalue weighted by molar-refractivity contribution is -0.120. The monoisotopic (exact) mass is 358 g/mol. The van der Waals surface area contributed by atoms with E-state index < -0.39 is 0 Å². The zero-order chi connectivity index (χ0) is 18.9. The first-order valence-electron chi connectivity index (χ1n) is 9.60. The van der Waals surface area contributed by atoms with Crippen molar-refractivity contribution < 1.29 is 4.79 Å². The van der Waals surface area contributed by atoms with Crippen LogP contribution in [0.4, 0.5) is 0 Å². The van der Waals surface area contributed by atoms with Crippen LogP contribution in [-0.4, -0.2) is 29.4 Å². The van der Waals surface area contributed by atoms with E-state index >= 15 is 0 Å². The summed E-state index contributed by atoms with van der Waals surface area (Å²) in [7, 11) is 0. The van der Waals surface area contributed by atoms with Gasteiger partial charge in [-0.3, -0.25) is 9.69 Å². The summed E-state index contributed by atoms with van der Waals surface area (Å²) in [4.78, 5) is 13.9. The largest absolute Gasteiger partial charge is 0.350 e. The van der Waals surface area contributed by atoms with Crippen molar-refractivity contribution in [2.24, 2.45) is 0 Å². The molecule has 0 bridgehead atoms. The van der Waals surface area contributed by atoms with Crippen LogP contribution >= 0.6 is 0 Å². The molecule has 27 heavy (non-hydrogen) atoms. The van der Waals surface area contributed by atoms with Crippen LogP contribution in [0, 0.1) is 0 Å². The fourth-order valence-electron chi connectivity index (χ4n) is 4.19. The summed E-state index contributed by atoms with van der Waals surface area (Å²) < 4.78 is 0. The van der Waals surface area contributed by atoms with Gasteiger partial charge in [-0.25, -0.2) is 0 Å². The standard InChI is InChI=1S/C24H26N2O/c1-18(27)25-24(2)12-13-26(17-24)16-19-6-5-9-21(14-19)23-11-10-20-7-3-4-8-22(20)15-23/h3-11,14-15H,12-13,16-17H2,1-2H3,(H,25,27). The molecule has 3 aromatic rings. The maximum Gasteiger partial charge on any atom is 0.217 e. The lowest BCUT2D eigenvalue weighted by Gasteiger charge is -2.25. The zero-order valence-corrected chi connectivity index (χ0v) is 16.0. The highest BCUT2D eigenvalue weighted by Crippen LogP contribution is 2.27. The molecule has 1 fully saturated rings. The van der Waals surface area contributed by atoms with Gasteiger partial charge in [0.15, 0.2) is 0 Å². The minimum atomic E-state index is -0.109. The van der Waals surface area contributed by atoms with Gasteiger partial charge in [-0.05, 0) is 52.9 Å². The molecule has 0 radical (unpaired) electrons. The van der Waals surface area contributed by atoms with E-state index in [1.54, 1.807) is 6.92 Å². The smallest absolute Gasteiger partial charge is 0.217 e. The van der Waals surface area contributed by atoms with E-state index in [2.05, 4.69) is 83.9 Å². The van der Waals surface area contributed by atoms with E-state index in [4.69, 9.17) is 0 Å². The summed E-state index contributed by atoms with van der Waals surface area (Å²) in [5.41, 5.74) is 3.71. The molecule has 0 spiro atoms. The van der Waals surface area contributed by atoms with Gasteiger partial charge in [0.1, 0.15) is 0 Å². The van der Waals surface area contributed by atoms with Crippen molar-refractivity contribution in [3.63, 3.8) is 0 Å². The molecular weight excluding hydrogens is 332 g/mol. The van der Waals surface area contributed by atoms with Crippen molar-refractivity contribution in [2.75, 3.05) is 13.1 Å². The second-order valence-corrected chi connectivity index (χ2v) is 7.96. The van der Waals surface area contributed by atoms with Crippen LogP contribution in [0.5, 0.6) is 0 Å². The lowest BCUT2D eigenvalue weighted by Crippen LogP contribution is -2.46. The summed E-state index contributed by atoms with van der Waals surface area (Å²) in [6.45, 7) is 6.56. The number of amides is 1.